The molecular formula is C138H252O12. The lowest BCUT2D eigenvalue weighted by Gasteiger charge is -2.63. The highest BCUT2D eigenvalue weighted by Gasteiger charge is 2.89. The maximum Gasteiger partial charge on any atom is 0.310 e. The van der Waals surface area contributed by atoms with E-state index in [0.29, 0.717) is 120 Å². The Morgan fingerprint density at radius 1 is 0.167 bits per heavy atom. The number of aliphatic hydroxyl groups is 3. The first-order chi connectivity index (χ1) is 73.6. The summed E-state index contributed by atoms with van der Waals surface area (Å²) in [6, 6.07) is 0. The molecule has 6 atom stereocenters. The van der Waals surface area contributed by atoms with Gasteiger partial charge in [0, 0.05) is 17.8 Å². The third kappa shape index (κ3) is 51.5. The fraction of sp³-hybridized carbons (Fsp3) is 0.957. The van der Waals surface area contributed by atoms with Crippen LogP contribution in [0, 0.1) is 71.0 Å². The van der Waals surface area contributed by atoms with E-state index in [2.05, 4.69) is 41.5 Å². The number of rotatable bonds is 96. The van der Waals surface area contributed by atoms with Gasteiger partial charge in [0.05, 0.1) is 17.8 Å². The molecule has 0 bridgehead atoms. The first-order valence-corrected chi connectivity index (χ1v) is 68.9. The minimum atomic E-state index is -3.47. The van der Waals surface area contributed by atoms with Crippen LogP contribution in [0.15, 0.2) is 0 Å². The molecule has 0 spiro atoms. The molecule has 0 saturated heterocycles. The van der Waals surface area contributed by atoms with Crippen molar-refractivity contribution >= 4 is 35.3 Å². The average Bonchev–Trinajstić information content (AvgIpc) is 0.655. The van der Waals surface area contributed by atoms with Crippen LogP contribution < -0.4 is 0 Å². The van der Waals surface area contributed by atoms with E-state index in [1.807, 2.05) is 0 Å². The second-order valence-corrected chi connectivity index (χ2v) is 52.4. The van der Waals surface area contributed by atoms with Gasteiger partial charge in [-0.2, -0.15) is 0 Å². The average molecular weight is 2100 g/mol. The lowest BCUT2D eigenvalue weighted by atomic mass is 9.49. The molecule has 7 saturated carbocycles. The zero-order valence-electron chi connectivity index (χ0n) is 101. The standard InChI is InChI=1S/C138H252O12/c1-7-13-19-25-31-37-43-49-55-61-67-73-79-85-115-91-103-121(104-92-115)128(140)136(148-133(145)124-109-97-118(98-110-124)88-82-76-70-64-58-52-46-40-34-28-22-16-10-4)131(143)127(139)132(144)137(129(141)122-105-93-116(94-106-122)86-80-74-68-62-56-50-44-38-32-26-20-14-8-2,149-134(146)125-111-99-119(100-112-125)89-83-77-71-65-59-53-47-41-35-29-23-17-11-5)138(136,130(142)123-107-95-117(96-108-123)87-81-75-69-63-57-51-45-39-33-27-21-15-9-3)150-135(147)126-113-101-120(102-114-126)90-84-78-72-66-60-54-48-42-36-30-24-18-12-6/h115-127,131-132,139,143-144H,7-114H2,1-6H3/t115?,116?,117?,118?,119?,120?,121?,122?,123?,124?,125?,126?,127?,131-,132+,136+,137-,138?. The van der Waals surface area contributed by atoms with E-state index in [4.69, 9.17) is 14.2 Å². The number of esters is 3. The SMILES string of the molecule is CCCCCCCCCCCCCCCC1CCC(C(=O)OC2(C(=O)C3CCC(CCCCCCCCCCCCCCC)CC3)[C@@](OC(=O)C3CCC(CCCCCCCCCCCCCCC)CC3)(C(=O)C3CCC(CCCCCCCCCCCCCCC)CC3)[C@@H](O)C(O)[C@@H](O)[C@@]2(OC(=O)C2CCC(CCCCCCCCCCCCCCC)CC2)C(=O)C2CCC(CCCCCCCCCCCCCCC)CC2)CC1. The Labute approximate surface area is 928 Å². The van der Waals surface area contributed by atoms with Crippen molar-refractivity contribution in [2.45, 2.75) is 770 Å². The highest BCUT2D eigenvalue weighted by atomic mass is 16.7. The number of Topliss-reactive ketones (excluding diaryl/α,β-unsaturated/α-hetero) is 3. The molecule has 150 heavy (non-hydrogen) atoms. The summed E-state index contributed by atoms with van der Waals surface area (Å²) in [4.78, 5) is 107. The molecule has 12 nitrogen and oxygen atoms in total. The molecule has 3 N–H and O–H groups in total. The Hall–Kier alpha value is -2.70. The first kappa shape index (κ1) is 134. The van der Waals surface area contributed by atoms with Gasteiger partial charge in [-0.25, -0.2) is 0 Å². The number of unbranched alkanes of at least 4 members (excludes halogenated alkanes) is 72. The van der Waals surface area contributed by atoms with Crippen LogP contribution in [-0.4, -0.2) is 85.7 Å². The second-order valence-electron chi connectivity index (χ2n) is 52.4. The van der Waals surface area contributed by atoms with Crippen LogP contribution in [0.25, 0.3) is 0 Å². The van der Waals surface area contributed by atoms with Gasteiger partial charge in [-0.1, -0.05) is 581 Å². The fourth-order valence-electron chi connectivity index (χ4n) is 29.4. The number of carbonyl (C=O) groups excluding carboxylic acids is 6. The van der Waals surface area contributed by atoms with Crippen LogP contribution in [-0.2, 0) is 43.0 Å². The van der Waals surface area contributed by atoms with Gasteiger partial charge in [0.2, 0.25) is 11.2 Å². The quantitative estimate of drug-likeness (QED) is 0.0297. The van der Waals surface area contributed by atoms with Crippen molar-refractivity contribution in [1.29, 1.82) is 0 Å². The monoisotopic (exact) mass is 2100 g/mol. The third-order valence-corrected chi connectivity index (χ3v) is 39.9. The van der Waals surface area contributed by atoms with Gasteiger partial charge in [0.15, 0.2) is 17.3 Å². The molecule has 0 aromatic carbocycles. The zero-order chi connectivity index (χ0) is 107. The van der Waals surface area contributed by atoms with Gasteiger partial charge in [0.25, 0.3) is 5.60 Å². The van der Waals surface area contributed by atoms with Crippen molar-refractivity contribution in [2.75, 3.05) is 0 Å². The Balaban J connectivity index is 1.30. The number of aliphatic hydroxyl groups excluding tert-OH is 3. The molecule has 0 heterocycles. The molecule has 7 aliphatic carbocycles. The molecule has 876 valence electrons. The summed E-state index contributed by atoms with van der Waals surface area (Å²) < 4.78 is 22.9. The Morgan fingerprint density at radius 3 is 0.447 bits per heavy atom. The maximum absolute atomic E-state index is 18.8. The zero-order valence-corrected chi connectivity index (χ0v) is 101. The molecule has 7 aliphatic rings. The summed E-state index contributed by atoms with van der Waals surface area (Å²) in [7, 11) is 0. The van der Waals surface area contributed by atoms with Crippen molar-refractivity contribution in [3.05, 3.63) is 0 Å². The van der Waals surface area contributed by atoms with E-state index in [1.165, 1.54) is 437 Å². The predicted octanol–water partition coefficient (Wildman–Crippen LogP) is 41.4. The Morgan fingerprint density at radius 2 is 0.293 bits per heavy atom. The van der Waals surface area contributed by atoms with Crippen molar-refractivity contribution in [3.63, 3.8) is 0 Å². The minimum Gasteiger partial charge on any atom is -0.443 e. The lowest BCUT2D eigenvalue weighted by Crippen LogP contribution is -2.92. The fourth-order valence-corrected chi connectivity index (χ4v) is 29.4. The molecule has 0 aromatic rings. The maximum atomic E-state index is 18.8. The predicted molar refractivity (Wildman–Crippen MR) is 634 cm³/mol. The molecule has 0 aliphatic heterocycles. The van der Waals surface area contributed by atoms with Crippen LogP contribution in [0.5, 0.6) is 0 Å². The van der Waals surface area contributed by atoms with Crippen LogP contribution >= 0.6 is 0 Å². The van der Waals surface area contributed by atoms with E-state index in [9.17, 15) is 15.3 Å². The van der Waals surface area contributed by atoms with Crippen LogP contribution in [0.4, 0.5) is 0 Å². The summed E-state index contributed by atoms with van der Waals surface area (Å²) >= 11 is 0. The molecule has 0 aromatic heterocycles. The lowest BCUT2D eigenvalue weighted by molar-refractivity contribution is -0.329. The normalized spacial score (nSPS) is 26.3. The van der Waals surface area contributed by atoms with E-state index in [1.54, 1.807) is 0 Å². The summed E-state index contributed by atoms with van der Waals surface area (Å²) in [6.45, 7) is 13.7. The van der Waals surface area contributed by atoms with Crippen LogP contribution in [0.1, 0.15) is 735 Å². The Kier molecular flexibility index (Phi) is 77.1. The van der Waals surface area contributed by atoms with Gasteiger partial charge in [0.1, 0.15) is 18.3 Å². The molecule has 7 rings (SSSR count). The minimum absolute atomic E-state index is 0.261. The third-order valence-electron chi connectivity index (χ3n) is 39.9. The van der Waals surface area contributed by atoms with Crippen LogP contribution in [0.2, 0.25) is 0 Å². The van der Waals surface area contributed by atoms with Crippen molar-refractivity contribution in [2.24, 2.45) is 71.0 Å². The van der Waals surface area contributed by atoms with Crippen LogP contribution in [0.3, 0.4) is 0 Å². The van der Waals surface area contributed by atoms with E-state index in [0.717, 1.165) is 141 Å². The summed E-state index contributed by atoms with van der Waals surface area (Å²) in [5.41, 5.74) is -10.2. The van der Waals surface area contributed by atoms with Gasteiger partial charge >= 0.3 is 17.9 Å². The Bertz CT molecular complexity index is 3080. The van der Waals surface area contributed by atoms with Gasteiger partial charge in [-0.05, 0) is 190 Å². The first-order valence-electron chi connectivity index (χ1n) is 68.9. The number of carbonyl (C=O) groups is 6. The highest BCUT2D eigenvalue weighted by Crippen LogP contribution is 2.60. The van der Waals surface area contributed by atoms with E-state index in [-0.39, 0.29) is 30.6 Å². The second kappa shape index (κ2) is 86.2. The topological polar surface area (TPSA) is 191 Å². The molecule has 12 heteroatoms. The van der Waals surface area contributed by atoms with Gasteiger partial charge in [-0.15, -0.1) is 0 Å². The molecule has 0 radical (unpaired) electrons. The van der Waals surface area contributed by atoms with Crippen molar-refractivity contribution in [1.82, 2.24) is 0 Å². The van der Waals surface area contributed by atoms with E-state index >= 15 is 28.8 Å². The van der Waals surface area contributed by atoms with E-state index < -0.39 is 106 Å². The number of hydrogen-bond acceptors (Lipinski definition) is 12. The van der Waals surface area contributed by atoms with Crippen molar-refractivity contribution in [3.8, 4) is 0 Å². The smallest absolute Gasteiger partial charge is 0.310 e. The van der Waals surface area contributed by atoms with Gasteiger partial charge in [-0.3, -0.25) is 28.8 Å². The highest BCUT2D eigenvalue weighted by molar-refractivity contribution is 6.12. The van der Waals surface area contributed by atoms with Crippen molar-refractivity contribution < 1.29 is 58.3 Å². The molecule has 7 fully saturated rings. The molecule has 0 amide bonds. The number of ketones is 3. The largest absolute Gasteiger partial charge is 0.443 e. The number of ether oxygens (including phenoxy) is 3. The molecular weight excluding hydrogens is 1850 g/mol. The summed E-state index contributed by atoms with van der Waals surface area (Å²) in [5.74, 6) is -8.67. The van der Waals surface area contributed by atoms with Gasteiger partial charge < -0.3 is 29.5 Å². The summed E-state index contributed by atoms with van der Waals surface area (Å²) in [6.07, 6.45) is 111. The number of hydrogen-bond donors (Lipinski definition) is 3. The molecule has 2 unspecified atom stereocenters. The summed E-state index contributed by atoms with van der Waals surface area (Å²) in [5, 5.41) is 43.1.